The van der Waals surface area contributed by atoms with Gasteiger partial charge in [-0.15, -0.1) is 11.3 Å². The van der Waals surface area contributed by atoms with E-state index in [2.05, 4.69) is 27.2 Å². The van der Waals surface area contributed by atoms with Gasteiger partial charge in [0, 0.05) is 10.3 Å². The van der Waals surface area contributed by atoms with E-state index in [1.807, 2.05) is 6.92 Å². The Kier molecular flexibility index (Phi) is 6.08. The standard InChI is InChI=1S/C20H22N4O3S3/c1-9-5-6-12-13(7-9)29-18-15(12)17(22-11(3)23-18)28-8-14(25)24-20-21-10(2)16(30-20)19(26)27-4/h9H,5-8H2,1-4H3,(H,21,24,25). The number of hydrogen-bond donors (Lipinski definition) is 1. The Morgan fingerprint density at radius 3 is 2.80 bits per heavy atom. The zero-order valence-electron chi connectivity index (χ0n) is 17.2. The molecule has 3 heterocycles. The molecule has 1 unspecified atom stereocenters. The van der Waals surface area contributed by atoms with Crippen LogP contribution >= 0.6 is 34.4 Å². The van der Waals surface area contributed by atoms with Gasteiger partial charge >= 0.3 is 5.97 Å². The minimum absolute atomic E-state index is 0.188. The number of thioether (sulfide) groups is 1. The number of ether oxygens (including phenoxy) is 1. The molecule has 0 radical (unpaired) electrons. The summed E-state index contributed by atoms with van der Waals surface area (Å²) >= 11 is 4.30. The fourth-order valence-electron chi connectivity index (χ4n) is 3.54. The van der Waals surface area contributed by atoms with Gasteiger partial charge in [0.15, 0.2) is 5.13 Å². The van der Waals surface area contributed by atoms with E-state index < -0.39 is 5.97 Å². The zero-order valence-corrected chi connectivity index (χ0v) is 19.6. The van der Waals surface area contributed by atoms with Gasteiger partial charge in [-0.25, -0.2) is 19.7 Å². The predicted molar refractivity (Wildman–Crippen MR) is 121 cm³/mol. The van der Waals surface area contributed by atoms with Crippen LogP contribution in [0, 0.1) is 19.8 Å². The topological polar surface area (TPSA) is 94.1 Å². The summed E-state index contributed by atoms with van der Waals surface area (Å²) in [6, 6.07) is 0. The number of fused-ring (bicyclic) bond motifs is 3. The third kappa shape index (κ3) is 4.21. The Morgan fingerprint density at radius 2 is 2.03 bits per heavy atom. The monoisotopic (exact) mass is 462 g/mol. The van der Waals surface area contributed by atoms with E-state index in [0.29, 0.717) is 21.6 Å². The molecule has 0 aromatic carbocycles. The normalized spacial score (nSPS) is 15.8. The molecule has 30 heavy (non-hydrogen) atoms. The van der Waals surface area contributed by atoms with E-state index >= 15 is 0 Å². The van der Waals surface area contributed by atoms with Crippen LogP contribution < -0.4 is 5.32 Å². The summed E-state index contributed by atoms with van der Waals surface area (Å²) in [5.41, 5.74) is 1.90. The molecule has 7 nitrogen and oxygen atoms in total. The molecule has 4 rings (SSSR count). The molecule has 3 aromatic heterocycles. The second kappa shape index (κ2) is 8.60. The molecular formula is C20H22N4O3S3. The van der Waals surface area contributed by atoms with Crippen LogP contribution in [-0.4, -0.2) is 39.7 Å². The molecule has 0 fully saturated rings. The van der Waals surface area contributed by atoms with Gasteiger partial charge in [0.25, 0.3) is 0 Å². The summed E-state index contributed by atoms with van der Waals surface area (Å²) in [6.45, 7) is 5.89. The van der Waals surface area contributed by atoms with Crippen molar-refractivity contribution in [2.75, 3.05) is 18.2 Å². The number of nitrogens with one attached hydrogen (secondary N) is 1. The number of anilines is 1. The number of thiazole rings is 1. The smallest absolute Gasteiger partial charge is 0.350 e. The lowest BCUT2D eigenvalue weighted by Gasteiger charge is -2.18. The van der Waals surface area contributed by atoms with Crippen LogP contribution in [0.2, 0.25) is 0 Å². The molecule has 10 heteroatoms. The van der Waals surface area contributed by atoms with Crippen LogP contribution in [0.1, 0.15) is 45.0 Å². The summed E-state index contributed by atoms with van der Waals surface area (Å²) in [4.78, 5) is 40.6. The molecule has 0 aliphatic heterocycles. The average molecular weight is 463 g/mol. The number of rotatable bonds is 5. The molecule has 1 aliphatic carbocycles. The van der Waals surface area contributed by atoms with Crippen LogP contribution in [0.3, 0.4) is 0 Å². The minimum atomic E-state index is -0.449. The SMILES string of the molecule is COC(=O)c1sc(NC(=O)CSc2nc(C)nc3sc4c(c23)CCC(C)C4)nc1C. The van der Waals surface area contributed by atoms with Gasteiger partial charge in [0.05, 0.1) is 18.6 Å². The molecule has 0 bridgehead atoms. The Bertz CT molecular complexity index is 1140. The summed E-state index contributed by atoms with van der Waals surface area (Å²) in [6.07, 6.45) is 3.30. The molecule has 1 amide bonds. The van der Waals surface area contributed by atoms with E-state index in [-0.39, 0.29) is 11.7 Å². The molecular weight excluding hydrogens is 440 g/mol. The molecule has 1 N–H and O–H groups in total. The summed E-state index contributed by atoms with van der Waals surface area (Å²) in [7, 11) is 1.32. The van der Waals surface area contributed by atoms with Gasteiger partial charge in [-0.2, -0.15) is 0 Å². The van der Waals surface area contributed by atoms with E-state index in [1.165, 1.54) is 35.7 Å². The number of hydrogen-bond acceptors (Lipinski definition) is 9. The fourth-order valence-corrected chi connectivity index (χ4v) is 6.83. The van der Waals surface area contributed by atoms with Crippen molar-refractivity contribution in [3.63, 3.8) is 0 Å². The highest BCUT2D eigenvalue weighted by atomic mass is 32.2. The van der Waals surface area contributed by atoms with Crippen molar-refractivity contribution in [3.05, 3.63) is 26.8 Å². The zero-order chi connectivity index (χ0) is 21.4. The number of methoxy groups -OCH3 is 1. The van der Waals surface area contributed by atoms with E-state index in [4.69, 9.17) is 4.74 Å². The van der Waals surface area contributed by atoms with Gasteiger partial charge in [-0.05, 0) is 44.6 Å². The maximum Gasteiger partial charge on any atom is 0.350 e. The quantitative estimate of drug-likeness (QED) is 0.341. The van der Waals surface area contributed by atoms with Crippen molar-refractivity contribution >= 4 is 61.7 Å². The highest BCUT2D eigenvalue weighted by Gasteiger charge is 2.24. The Balaban J connectivity index is 1.51. The fraction of sp³-hybridized carbons (Fsp3) is 0.450. The van der Waals surface area contributed by atoms with Crippen LogP contribution in [0.5, 0.6) is 0 Å². The van der Waals surface area contributed by atoms with Crippen LogP contribution in [0.4, 0.5) is 5.13 Å². The van der Waals surface area contributed by atoms with Crippen LogP contribution in [0.15, 0.2) is 5.03 Å². The first-order valence-corrected chi connectivity index (χ1v) is 12.2. The third-order valence-corrected chi connectivity index (χ3v) is 8.16. The van der Waals surface area contributed by atoms with E-state index in [0.717, 1.165) is 45.2 Å². The number of aryl methyl sites for hydroxylation is 3. The number of esters is 1. The Morgan fingerprint density at radius 1 is 1.23 bits per heavy atom. The van der Waals surface area contributed by atoms with Crippen molar-refractivity contribution in [2.24, 2.45) is 5.92 Å². The lowest BCUT2D eigenvalue weighted by Crippen LogP contribution is -2.14. The highest BCUT2D eigenvalue weighted by Crippen LogP contribution is 2.40. The predicted octanol–water partition coefficient (Wildman–Crippen LogP) is 4.41. The largest absolute Gasteiger partial charge is 0.465 e. The van der Waals surface area contributed by atoms with Crippen LogP contribution in [-0.2, 0) is 22.4 Å². The van der Waals surface area contributed by atoms with Gasteiger partial charge in [0.2, 0.25) is 5.91 Å². The third-order valence-electron chi connectivity index (χ3n) is 4.99. The van der Waals surface area contributed by atoms with Gasteiger partial charge in [-0.3, -0.25) is 4.79 Å². The van der Waals surface area contributed by atoms with E-state index in [9.17, 15) is 9.59 Å². The molecule has 0 saturated carbocycles. The molecule has 0 saturated heterocycles. The molecule has 0 spiro atoms. The van der Waals surface area contributed by atoms with Crippen molar-refractivity contribution in [1.82, 2.24) is 15.0 Å². The first-order valence-electron chi connectivity index (χ1n) is 9.63. The van der Waals surface area contributed by atoms with Gasteiger partial charge < -0.3 is 10.1 Å². The average Bonchev–Trinajstić information content (AvgIpc) is 3.24. The second-order valence-electron chi connectivity index (χ2n) is 7.37. The van der Waals surface area contributed by atoms with Crippen molar-refractivity contribution in [2.45, 2.75) is 45.1 Å². The maximum atomic E-state index is 12.5. The molecule has 1 atom stereocenters. The van der Waals surface area contributed by atoms with E-state index in [1.54, 1.807) is 18.3 Å². The number of carbonyl (C=O) groups excluding carboxylic acids is 2. The second-order valence-corrected chi connectivity index (χ2v) is 10.4. The summed E-state index contributed by atoms with van der Waals surface area (Å²) < 4.78 is 4.74. The van der Waals surface area contributed by atoms with Crippen molar-refractivity contribution in [1.29, 1.82) is 0 Å². The number of amides is 1. The highest BCUT2D eigenvalue weighted by molar-refractivity contribution is 8.00. The lowest BCUT2D eigenvalue weighted by molar-refractivity contribution is -0.113. The number of nitrogens with zero attached hydrogens (tertiary/aromatic N) is 3. The Labute approximate surface area is 186 Å². The first kappa shape index (κ1) is 21.2. The first-order chi connectivity index (χ1) is 14.4. The number of aromatic nitrogens is 3. The van der Waals surface area contributed by atoms with Crippen LogP contribution in [0.25, 0.3) is 10.2 Å². The lowest BCUT2D eigenvalue weighted by atomic mass is 9.89. The van der Waals surface area contributed by atoms with Crippen molar-refractivity contribution in [3.8, 4) is 0 Å². The summed E-state index contributed by atoms with van der Waals surface area (Å²) in [5, 5.41) is 5.15. The molecule has 1 aliphatic rings. The molecule has 3 aromatic rings. The maximum absolute atomic E-state index is 12.5. The summed E-state index contributed by atoms with van der Waals surface area (Å²) in [5.74, 6) is 0.981. The molecule has 158 valence electrons. The van der Waals surface area contributed by atoms with Gasteiger partial charge in [0.1, 0.15) is 20.6 Å². The number of thiophene rings is 1. The minimum Gasteiger partial charge on any atom is -0.465 e. The van der Waals surface area contributed by atoms with Gasteiger partial charge in [-0.1, -0.05) is 30.0 Å². The van der Waals surface area contributed by atoms with Crippen molar-refractivity contribution < 1.29 is 14.3 Å². The number of carbonyl (C=O) groups is 2. The Hall–Kier alpha value is -2.04.